The Morgan fingerprint density at radius 2 is 2.00 bits per heavy atom. The van der Waals surface area contributed by atoms with Crippen LogP contribution < -0.4 is 0 Å². The lowest BCUT2D eigenvalue weighted by atomic mass is 10.1. The number of likely N-dealkylation sites (N-methyl/N-ethyl adjacent to an activating group) is 1. The van der Waals surface area contributed by atoms with Crippen LogP contribution in [0, 0.1) is 0 Å². The van der Waals surface area contributed by atoms with Gasteiger partial charge < -0.3 is 0 Å². The van der Waals surface area contributed by atoms with Gasteiger partial charge in [0, 0.05) is 6.54 Å². The van der Waals surface area contributed by atoms with Gasteiger partial charge in [-0.15, -0.1) is 0 Å². The highest BCUT2D eigenvalue weighted by Gasteiger charge is 2.02. The minimum atomic E-state index is 1.13. The number of allylic oxidation sites excluding steroid dienone is 2. The third kappa shape index (κ3) is 2.82. The zero-order valence-electron chi connectivity index (χ0n) is 8.21. The largest absolute Gasteiger partial charge is 0.300 e. The molecule has 0 spiro atoms. The average molecular weight is 165 g/mol. The first kappa shape index (κ1) is 9.53. The second-order valence-corrected chi connectivity index (χ2v) is 3.22. The van der Waals surface area contributed by atoms with Crippen LogP contribution in [0.2, 0.25) is 0 Å². The molecule has 0 fully saturated rings. The quantitative estimate of drug-likeness (QED) is 0.619. The fourth-order valence-electron chi connectivity index (χ4n) is 1.49. The smallest absolute Gasteiger partial charge is 0.0230 e. The molecule has 68 valence electrons. The third-order valence-electron chi connectivity index (χ3n) is 2.37. The minimum Gasteiger partial charge on any atom is -0.300 e. The van der Waals surface area contributed by atoms with Crippen LogP contribution in [-0.4, -0.2) is 24.5 Å². The Labute approximate surface area is 75.8 Å². The van der Waals surface area contributed by atoms with Crippen LogP contribution in [0.25, 0.3) is 0 Å². The van der Waals surface area contributed by atoms with E-state index in [0.29, 0.717) is 0 Å². The van der Waals surface area contributed by atoms with Crippen molar-refractivity contribution in [2.75, 3.05) is 19.6 Å². The monoisotopic (exact) mass is 165 g/mol. The summed E-state index contributed by atoms with van der Waals surface area (Å²) in [5.74, 6) is 0. The van der Waals surface area contributed by atoms with Gasteiger partial charge in [-0.1, -0.05) is 32.1 Å². The summed E-state index contributed by atoms with van der Waals surface area (Å²) in [6.45, 7) is 7.88. The Morgan fingerprint density at radius 1 is 1.25 bits per heavy atom. The van der Waals surface area contributed by atoms with Gasteiger partial charge in [0.15, 0.2) is 0 Å². The highest BCUT2D eigenvalue weighted by atomic mass is 15.1. The maximum absolute atomic E-state index is 2.45. The van der Waals surface area contributed by atoms with Gasteiger partial charge in [-0.05, 0) is 31.5 Å². The molecule has 0 aromatic rings. The van der Waals surface area contributed by atoms with Crippen molar-refractivity contribution in [1.82, 2.24) is 4.90 Å². The van der Waals surface area contributed by atoms with E-state index in [4.69, 9.17) is 0 Å². The first-order valence-corrected chi connectivity index (χ1v) is 4.94. The van der Waals surface area contributed by atoms with Gasteiger partial charge in [0.1, 0.15) is 0 Å². The van der Waals surface area contributed by atoms with E-state index in [2.05, 4.69) is 37.0 Å². The number of hydrogen-bond acceptors (Lipinski definition) is 1. The maximum Gasteiger partial charge on any atom is 0.0230 e. The Bertz CT molecular complexity index is 175. The molecule has 0 N–H and O–H groups in total. The molecule has 1 aliphatic rings. The lowest BCUT2D eigenvalue weighted by Gasteiger charge is -2.19. The van der Waals surface area contributed by atoms with Gasteiger partial charge in [0.25, 0.3) is 0 Å². The normalized spacial score (nSPS) is 16.8. The van der Waals surface area contributed by atoms with Crippen molar-refractivity contribution < 1.29 is 0 Å². The summed E-state index contributed by atoms with van der Waals surface area (Å²) in [6, 6.07) is 0. The summed E-state index contributed by atoms with van der Waals surface area (Å²) in [4.78, 5) is 2.45. The van der Waals surface area contributed by atoms with E-state index in [1.807, 2.05) is 0 Å². The number of nitrogens with zero attached hydrogens (tertiary/aromatic N) is 1. The lowest BCUT2D eigenvalue weighted by Crippen LogP contribution is -2.25. The molecule has 1 nitrogen and oxygen atoms in total. The second-order valence-electron chi connectivity index (χ2n) is 3.22. The molecular weight excluding hydrogens is 146 g/mol. The van der Waals surface area contributed by atoms with Crippen LogP contribution >= 0.6 is 0 Å². The average Bonchev–Trinajstić information content (AvgIpc) is 2.16. The first-order chi connectivity index (χ1) is 5.86. The second kappa shape index (κ2) is 5.15. The summed E-state index contributed by atoms with van der Waals surface area (Å²) >= 11 is 0. The van der Waals surface area contributed by atoms with Gasteiger partial charge in [-0.2, -0.15) is 0 Å². The topological polar surface area (TPSA) is 3.24 Å². The fourth-order valence-corrected chi connectivity index (χ4v) is 1.49. The molecule has 0 unspecified atom stereocenters. The third-order valence-corrected chi connectivity index (χ3v) is 2.37. The molecule has 0 heterocycles. The van der Waals surface area contributed by atoms with Crippen LogP contribution in [0.1, 0.15) is 26.7 Å². The van der Waals surface area contributed by atoms with Crippen LogP contribution in [0.4, 0.5) is 0 Å². The molecule has 0 aromatic heterocycles. The van der Waals surface area contributed by atoms with E-state index < -0.39 is 0 Å². The van der Waals surface area contributed by atoms with E-state index >= 15 is 0 Å². The van der Waals surface area contributed by atoms with Crippen LogP contribution in [0.3, 0.4) is 0 Å². The van der Waals surface area contributed by atoms with E-state index in [0.717, 1.165) is 19.6 Å². The Hall–Kier alpha value is -0.560. The molecular formula is C11H19N. The molecule has 0 aromatic carbocycles. The zero-order chi connectivity index (χ0) is 8.81. The molecule has 1 rings (SSSR count). The number of rotatable bonds is 4. The SMILES string of the molecule is CCN(CC)CC1=CCCC=C1. The van der Waals surface area contributed by atoms with E-state index in [1.165, 1.54) is 18.4 Å². The predicted octanol–water partition coefficient (Wildman–Crippen LogP) is 2.60. The fraction of sp³-hybridized carbons (Fsp3) is 0.636. The van der Waals surface area contributed by atoms with Crippen molar-refractivity contribution in [3.8, 4) is 0 Å². The van der Waals surface area contributed by atoms with Crippen molar-refractivity contribution in [3.63, 3.8) is 0 Å². The standard InChI is InChI=1S/C11H19N/c1-3-12(4-2)10-11-8-6-5-7-9-11/h6,8-9H,3-5,7,10H2,1-2H3. The zero-order valence-corrected chi connectivity index (χ0v) is 8.21. The molecule has 12 heavy (non-hydrogen) atoms. The molecule has 0 saturated carbocycles. The molecule has 1 heteroatoms. The van der Waals surface area contributed by atoms with Gasteiger partial charge in [0.05, 0.1) is 0 Å². The summed E-state index contributed by atoms with van der Waals surface area (Å²) < 4.78 is 0. The predicted molar refractivity (Wildman–Crippen MR) is 54.2 cm³/mol. The molecule has 0 saturated heterocycles. The van der Waals surface area contributed by atoms with Gasteiger partial charge in [-0.3, -0.25) is 4.90 Å². The van der Waals surface area contributed by atoms with Crippen molar-refractivity contribution in [3.05, 3.63) is 23.8 Å². The molecule has 0 atom stereocenters. The summed E-state index contributed by atoms with van der Waals surface area (Å²) in [5, 5.41) is 0. The molecule has 1 aliphatic carbocycles. The van der Waals surface area contributed by atoms with Crippen molar-refractivity contribution in [1.29, 1.82) is 0 Å². The van der Waals surface area contributed by atoms with Crippen molar-refractivity contribution in [2.24, 2.45) is 0 Å². The van der Waals surface area contributed by atoms with Gasteiger partial charge in [0.2, 0.25) is 0 Å². The highest BCUT2D eigenvalue weighted by molar-refractivity contribution is 5.23. The molecule has 0 amide bonds. The van der Waals surface area contributed by atoms with Crippen LogP contribution in [0.5, 0.6) is 0 Å². The molecule has 0 bridgehead atoms. The molecule has 0 radical (unpaired) electrons. The van der Waals surface area contributed by atoms with E-state index in [-0.39, 0.29) is 0 Å². The van der Waals surface area contributed by atoms with Gasteiger partial charge in [-0.25, -0.2) is 0 Å². The minimum absolute atomic E-state index is 1.13. The molecule has 0 aliphatic heterocycles. The van der Waals surface area contributed by atoms with Gasteiger partial charge >= 0.3 is 0 Å². The lowest BCUT2D eigenvalue weighted by molar-refractivity contribution is 0.331. The van der Waals surface area contributed by atoms with Crippen LogP contribution in [-0.2, 0) is 0 Å². The summed E-state index contributed by atoms with van der Waals surface area (Å²) in [5.41, 5.74) is 1.49. The summed E-state index contributed by atoms with van der Waals surface area (Å²) in [6.07, 6.45) is 9.35. The van der Waals surface area contributed by atoms with E-state index in [1.54, 1.807) is 0 Å². The van der Waals surface area contributed by atoms with Crippen molar-refractivity contribution in [2.45, 2.75) is 26.7 Å². The summed E-state index contributed by atoms with van der Waals surface area (Å²) in [7, 11) is 0. The van der Waals surface area contributed by atoms with E-state index in [9.17, 15) is 0 Å². The maximum atomic E-state index is 2.45. The van der Waals surface area contributed by atoms with Crippen LogP contribution in [0.15, 0.2) is 23.8 Å². The first-order valence-electron chi connectivity index (χ1n) is 4.94. The Balaban J connectivity index is 2.38. The Morgan fingerprint density at radius 3 is 2.50 bits per heavy atom. The Kier molecular flexibility index (Phi) is 4.09. The number of hydrogen-bond donors (Lipinski definition) is 0. The van der Waals surface area contributed by atoms with Crippen molar-refractivity contribution >= 4 is 0 Å². The highest BCUT2D eigenvalue weighted by Crippen LogP contribution is 2.10.